The van der Waals surface area contributed by atoms with Crippen LogP contribution in [0.25, 0.3) is 11.2 Å². The average molecular weight is 564 g/mol. The summed E-state index contributed by atoms with van der Waals surface area (Å²) >= 11 is 0. The first-order valence-corrected chi connectivity index (χ1v) is 13.4. The molecule has 1 unspecified atom stereocenters. The quantitative estimate of drug-likeness (QED) is 0.193. The molecule has 0 spiro atoms. The first kappa shape index (κ1) is 28.7. The molecule has 4 rings (SSSR count). The number of aromatic nitrogens is 4. The molecular formula is C24H32N6O8P+. The summed E-state index contributed by atoms with van der Waals surface area (Å²) in [5.41, 5.74) is 5.30. The van der Waals surface area contributed by atoms with Crippen molar-refractivity contribution < 1.29 is 38.3 Å². The molecule has 1 saturated heterocycles. The molecule has 0 radical (unpaired) electrons. The topological polar surface area (TPSA) is 193 Å². The van der Waals surface area contributed by atoms with Crippen LogP contribution in [0.15, 0.2) is 36.7 Å². The fourth-order valence-corrected chi connectivity index (χ4v) is 5.06. The maximum atomic E-state index is 12.8. The molecule has 0 bridgehead atoms. The first-order valence-electron chi connectivity index (χ1n) is 12.2. The molecule has 15 heteroatoms. The van der Waals surface area contributed by atoms with E-state index < -0.39 is 44.2 Å². The van der Waals surface area contributed by atoms with Crippen LogP contribution in [0.2, 0.25) is 0 Å². The van der Waals surface area contributed by atoms with E-state index in [-0.39, 0.29) is 42.1 Å². The third kappa shape index (κ3) is 6.32. The minimum atomic E-state index is -2.58. The van der Waals surface area contributed by atoms with Gasteiger partial charge in [-0.15, -0.1) is 4.52 Å². The molecule has 5 N–H and O–H groups in total. The highest BCUT2D eigenvalue weighted by molar-refractivity contribution is 7.36. The number of nitrogen functional groups attached to an aromatic ring is 1. The zero-order valence-electron chi connectivity index (χ0n) is 21.9. The number of hydrogen-bond donors (Lipinski definition) is 4. The molecule has 0 aliphatic carbocycles. The summed E-state index contributed by atoms with van der Waals surface area (Å²) in [5.74, 6) is -0.522. The van der Waals surface area contributed by atoms with Crippen LogP contribution in [0.4, 0.5) is 5.95 Å². The fraction of sp³-hybridized carbons (Fsp3) is 0.500. The maximum absolute atomic E-state index is 12.8. The smallest absolute Gasteiger partial charge is 0.479 e. The zero-order valence-corrected chi connectivity index (χ0v) is 22.8. The van der Waals surface area contributed by atoms with Gasteiger partial charge in [0.05, 0.1) is 19.5 Å². The molecule has 1 fully saturated rings. The van der Waals surface area contributed by atoms with E-state index in [1.165, 1.54) is 24.9 Å². The minimum Gasteiger partial charge on any atom is -0.479 e. The number of anilines is 1. The molecular weight excluding hydrogens is 531 g/mol. The number of benzene rings is 1. The summed E-state index contributed by atoms with van der Waals surface area (Å²) < 4.78 is 36.0. The highest BCUT2D eigenvalue weighted by atomic mass is 31.1. The lowest BCUT2D eigenvalue weighted by atomic mass is 9.96. The van der Waals surface area contributed by atoms with E-state index in [0.717, 1.165) is 5.56 Å². The predicted octanol–water partition coefficient (Wildman–Crippen LogP) is 1.25. The second kappa shape index (κ2) is 11.9. The van der Waals surface area contributed by atoms with Gasteiger partial charge in [0.25, 0.3) is 0 Å². The molecule has 2 aromatic heterocycles. The Kier molecular flexibility index (Phi) is 8.74. The normalized spacial score (nSPS) is 24.2. The molecule has 1 aliphatic heterocycles. The number of methoxy groups -OCH3 is 1. The van der Waals surface area contributed by atoms with Crippen molar-refractivity contribution in [2.24, 2.45) is 0 Å². The van der Waals surface area contributed by atoms with Crippen LogP contribution >= 0.6 is 8.18 Å². The fourth-order valence-electron chi connectivity index (χ4n) is 4.25. The molecule has 6 atom stereocenters. The van der Waals surface area contributed by atoms with Crippen LogP contribution in [-0.2, 0) is 29.8 Å². The van der Waals surface area contributed by atoms with Crippen molar-refractivity contribution in [1.82, 2.24) is 24.6 Å². The Hall–Kier alpha value is -3.26. The Morgan fingerprint density at radius 3 is 2.69 bits per heavy atom. The number of rotatable bonds is 11. The molecule has 0 saturated carbocycles. The number of ether oxygens (including phenoxy) is 3. The number of nitrogens with two attached hydrogens (primary N) is 1. The van der Waals surface area contributed by atoms with Gasteiger partial charge in [-0.3, -0.25) is 9.36 Å². The van der Waals surface area contributed by atoms with Gasteiger partial charge in [0.2, 0.25) is 11.8 Å². The number of esters is 1. The lowest BCUT2D eigenvalue weighted by Crippen LogP contribution is -2.44. The molecule has 0 amide bonds. The number of nitrogens with zero attached hydrogens (tertiary/aromatic N) is 4. The predicted molar refractivity (Wildman–Crippen MR) is 139 cm³/mol. The van der Waals surface area contributed by atoms with Crippen molar-refractivity contribution in [3.05, 3.63) is 42.2 Å². The van der Waals surface area contributed by atoms with Crippen LogP contribution in [-0.4, -0.2) is 79.4 Å². The molecule has 1 aliphatic rings. The highest BCUT2D eigenvalue weighted by Crippen LogP contribution is 2.41. The number of carbonyl (C=O) groups excluding carboxylic acids is 1. The van der Waals surface area contributed by atoms with E-state index >= 15 is 0 Å². The Balaban J connectivity index is 1.45. The number of carbonyl (C=O) groups is 1. The summed E-state index contributed by atoms with van der Waals surface area (Å²) in [4.78, 5) is 25.0. The monoisotopic (exact) mass is 563 g/mol. The van der Waals surface area contributed by atoms with Crippen molar-refractivity contribution in [3.63, 3.8) is 0 Å². The number of imidazole rings is 1. The number of nitrogens with one attached hydrogen (secondary N) is 1. The Labute approximate surface area is 225 Å². The summed E-state index contributed by atoms with van der Waals surface area (Å²) in [7, 11) is -1.18. The maximum Gasteiger partial charge on any atom is 0.613 e. The number of hydrogen-bond acceptors (Lipinski definition) is 12. The van der Waals surface area contributed by atoms with Crippen molar-refractivity contribution >= 4 is 31.3 Å². The Morgan fingerprint density at radius 1 is 1.31 bits per heavy atom. The molecule has 210 valence electrons. The van der Waals surface area contributed by atoms with E-state index in [1.54, 1.807) is 13.8 Å². The minimum absolute atomic E-state index is 0.0803. The van der Waals surface area contributed by atoms with Gasteiger partial charge in [0.1, 0.15) is 24.4 Å². The Bertz CT molecular complexity index is 1320. The summed E-state index contributed by atoms with van der Waals surface area (Å²) in [5, 5.41) is 24.6. The third-order valence-corrected chi connectivity index (χ3v) is 7.05. The van der Waals surface area contributed by atoms with Gasteiger partial charge in [0.15, 0.2) is 23.4 Å². The van der Waals surface area contributed by atoms with Crippen LogP contribution in [0.1, 0.15) is 32.6 Å². The van der Waals surface area contributed by atoms with Gasteiger partial charge < -0.3 is 30.2 Å². The largest absolute Gasteiger partial charge is 0.613 e. The molecule has 3 aromatic rings. The van der Waals surface area contributed by atoms with Gasteiger partial charge in [-0.25, -0.2) is 4.98 Å². The van der Waals surface area contributed by atoms with E-state index in [9.17, 15) is 19.6 Å². The first-order chi connectivity index (χ1) is 18.5. The van der Waals surface area contributed by atoms with E-state index in [4.69, 9.17) is 24.5 Å². The zero-order chi connectivity index (χ0) is 28.3. The van der Waals surface area contributed by atoms with Crippen LogP contribution in [0.5, 0.6) is 5.88 Å². The molecule has 1 aromatic carbocycles. The number of aliphatic hydroxyl groups excluding tert-OH is 1. The third-order valence-electron chi connectivity index (χ3n) is 6.14. The van der Waals surface area contributed by atoms with Gasteiger partial charge in [-0.05, 0) is 30.9 Å². The summed E-state index contributed by atoms with van der Waals surface area (Å²) in [6.45, 7) is 4.45. The van der Waals surface area contributed by atoms with Crippen LogP contribution < -0.4 is 15.6 Å². The summed E-state index contributed by atoms with van der Waals surface area (Å²) in [6.07, 6.45) is -2.46. The molecule has 39 heavy (non-hydrogen) atoms. The second-order valence-electron chi connectivity index (χ2n) is 9.52. The lowest BCUT2D eigenvalue weighted by molar-refractivity contribution is -0.149. The SMILES string of the molecule is COc1nc(N)nc2c1ncn2[C@@H]1O[C@H](CO[P+](=O)N[C@H](Cc2ccccc2)C(=O)OC(C)C)[C@@H](O)[C@@]1(C)O. The number of aliphatic hydroxyl groups is 2. The van der Waals surface area contributed by atoms with E-state index in [2.05, 4.69) is 20.0 Å². The van der Waals surface area contributed by atoms with Crippen molar-refractivity contribution in [1.29, 1.82) is 0 Å². The van der Waals surface area contributed by atoms with Crippen LogP contribution in [0, 0.1) is 0 Å². The van der Waals surface area contributed by atoms with Gasteiger partial charge in [0, 0.05) is 6.42 Å². The summed E-state index contributed by atoms with van der Waals surface area (Å²) in [6, 6.07) is 8.24. The van der Waals surface area contributed by atoms with Gasteiger partial charge >= 0.3 is 14.1 Å². The van der Waals surface area contributed by atoms with E-state index in [0.29, 0.717) is 0 Å². The average Bonchev–Trinajstić information content (AvgIpc) is 3.39. The molecule has 3 heterocycles. The standard InChI is InChI=1S/C24H32N6O8P/c1-13(2)37-21(32)15(10-14-8-6-5-7-9-14)29-39(34)36-11-16-18(31)24(3,33)22(38-16)30-12-26-17-19(30)27-23(25)28-20(17)35-4/h5-9,12-13,15-16,18,22,31,33H,10-11H2,1-4H3,(H,29,34)(H2,25,27,28)/q+1/t15-,16-,18-,22-,24-/m1/s1. The van der Waals surface area contributed by atoms with Crippen molar-refractivity contribution in [2.75, 3.05) is 19.5 Å². The van der Waals surface area contributed by atoms with E-state index in [1.807, 2.05) is 30.3 Å². The Morgan fingerprint density at radius 2 is 2.03 bits per heavy atom. The lowest BCUT2D eigenvalue weighted by Gasteiger charge is -2.27. The van der Waals surface area contributed by atoms with Crippen molar-refractivity contribution in [2.45, 2.75) is 63.4 Å². The molecule has 14 nitrogen and oxygen atoms in total. The van der Waals surface area contributed by atoms with Crippen LogP contribution in [0.3, 0.4) is 0 Å². The highest BCUT2D eigenvalue weighted by Gasteiger charge is 2.54. The van der Waals surface area contributed by atoms with Gasteiger partial charge in [-0.2, -0.15) is 9.97 Å². The van der Waals surface area contributed by atoms with Crippen molar-refractivity contribution in [3.8, 4) is 5.88 Å². The number of fused-ring (bicyclic) bond motifs is 1. The second-order valence-corrected chi connectivity index (χ2v) is 10.6. The van der Waals surface area contributed by atoms with Gasteiger partial charge in [-0.1, -0.05) is 35.4 Å².